The van der Waals surface area contributed by atoms with Crippen LogP contribution in [0.4, 0.5) is 0 Å². The van der Waals surface area contributed by atoms with Crippen molar-refractivity contribution in [2.24, 2.45) is 52.3 Å². The van der Waals surface area contributed by atoms with Crippen molar-refractivity contribution >= 4 is 0 Å². The Morgan fingerprint density at radius 3 is 1.84 bits per heavy atom. The second-order valence-corrected chi connectivity index (χ2v) is 21.5. The SMILES string of the molecule is C[C@@H](CC[C@@]1(O)O[C@H]2C[C@H]3[C@@H]4CC[C@@H]5C[C@@H](O[C@@H]6O[C@H](CO)[C@@H](O)[C@H](O[C@@H]7O[C@H](CO)[C@@H](O)[C@H](O)[C@H]7O)[C@H]6O)CC[C@]5(C)[C@H]4CC[C@]3(C)[C@H]2[C@@H]1C)CO[C@@H]1O[C@H](CO)[C@@H](O)[C@H](O)[C@H]1O. The van der Waals surface area contributed by atoms with E-state index in [1.807, 2.05) is 6.92 Å². The molecule has 12 N–H and O–H groups in total. The molecule has 0 amide bonds. The van der Waals surface area contributed by atoms with E-state index in [0.717, 1.165) is 44.9 Å². The van der Waals surface area contributed by atoms with Crippen LogP contribution in [0.1, 0.15) is 91.9 Å². The molecule has 64 heavy (non-hydrogen) atoms. The molecule has 8 fully saturated rings. The molecule has 0 unspecified atom stereocenters. The molecule has 0 spiro atoms. The van der Waals surface area contributed by atoms with Crippen LogP contribution in [-0.4, -0.2) is 198 Å². The zero-order chi connectivity index (χ0) is 46.2. The third kappa shape index (κ3) is 8.65. The smallest absolute Gasteiger partial charge is 0.187 e. The van der Waals surface area contributed by atoms with Crippen molar-refractivity contribution in [2.45, 2.75) is 202 Å². The molecule has 0 radical (unpaired) electrons. The number of aliphatic hydroxyl groups is 12. The van der Waals surface area contributed by atoms with Crippen molar-refractivity contribution in [3.63, 3.8) is 0 Å². The maximum atomic E-state index is 12.0. The van der Waals surface area contributed by atoms with Crippen molar-refractivity contribution in [2.75, 3.05) is 26.4 Å². The van der Waals surface area contributed by atoms with Gasteiger partial charge < -0.3 is 94.4 Å². The summed E-state index contributed by atoms with van der Waals surface area (Å²) in [5.41, 5.74) is 0.0705. The van der Waals surface area contributed by atoms with E-state index >= 15 is 0 Å². The van der Waals surface area contributed by atoms with Gasteiger partial charge in [-0.1, -0.05) is 27.7 Å². The number of ether oxygens (including phenoxy) is 7. The summed E-state index contributed by atoms with van der Waals surface area (Å²) in [6.45, 7) is 7.28. The predicted octanol–water partition coefficient (Wildman–Crippen LogP) is -1.78. The molecule has 4 saturated heterocycles. The highest BCUT2D eigenvalue weighted by Crippen LogP contribution is 2.71. The number of hydrogen-bond donors (Lipinski definition) is 12. The van der Waals surface area contributed by atoms with Crippen LogP contribution < -0.4 is 0 Å². The zero-order valence-electron chi connectivity index (χ0n) is 37.5. The first-order valence-corrected chi connectivity index (χ1v) is 23.9. The van der Waals surface area contributed by atoms with Crippen LogP contribution in [-0.2, 0) is 33.2 Å². The first-order chi connectivity index (χ1) is 30.3. The minimum absolute atomic E-state index is 0.00751. The molecule has 19 heteroatoms. The largest absolute Gasteiger partial charge is 0.394 e. The first kappa shape index (κ1) is 49.7. The van der Waals surface area contributed by atoms with Gasteiger partial charge in [0.15, 0.2) is 24.7 Å². The fourth-order valence-electron chi connectivity index (χ4n) is 14.2. The van der Waals surface area contributed by atoms with E-state index in [4.69, 9.17) is 33.2 Å². The van der Waals surface area contributed by atoms with E-state index in [1.165, 1.54) is 0 Å². The number of rotatable bonds is 13. The number of fused-ring (bicyclic) bond motifs is 7. The first-order valence-electron chi connectivity index (χ1n) is 23.9. The fraction of sp³-hybridized carbons (Fsp3) is 1.00. The Hall–Kier alpha value is -0.760. The van der Waals surface area contributed by atoms with Gasteiger partial charge in [0, 0.05) is 12.3 Å². The average molecular weight is 921 g/mol. The van der Waals surface area contributed by atoms with Crippen LogP contribution in [0.3, 0.4) is 0 Å². The summed E-state index contributed by atoms with van der Waals surface area (Å²) in [5.74, 6) is 0.598. The van der Waals surface area contributed by atoms with E-state index < -0.39 is 118 Å². The Labute approximate surface area is 374 Å². The quantitative estimate of drug-likeness (QED) is 0.0909. The maximum absolute atomic E-state index is 12.0. The van der Waals surface area contributed by atoms with Gasteiger partial charge in [-0.25, -0.2) is 0 Å². The predicted molar refractivity (Wildman–Crippen MR) is 219 cm³/mol. The monoisotopic (exact) mass is 920 g/mol. The molecule has 370 valence electrons. The van der Waals surface area contributed by atoms with Gasteiger partial charge in [-0.15, -0.1) is 0 Å². The molecular formula is C45H76O19. The lowest BCUT2D eigenvalue weighted by Crippen LogP contribution is -2.65. The summed E-state index contributed by atoms with van der Waals surface area (Å²) >= 11 is 0. The number of hydrogen-bond acceptors (Lipinski definition) is 19. The summed E-state index contributed by atoms with van der Waals surface area (Å²) < 4.78 is 41.6. The molecule has 0 bridgehead atoms. The molecule has 0 aromatic heterocycles. The van der Waals surface area contributed by atoms with Crippen molar-refractivity contribution in [1.82, 2.24) is 0 Å². The third-order valence-electron chi connectivity index (χ3n) is 18.0. The Morgan fingerprint density at radius 2 is 1.20 bits per heavy atom. The standard InChI is InChI=1S/C45H76O19/c1-19(18-58-40-36(54)34(52)31(49)27(15-46)60-40)7-12-45(57)20(2)30-26(64-45)14-25-23-6-5-21-13-22(8-10-43(21,3)24(23)9-11-44(25,30)4)59-42-38(56)39(33(51)29(17-48)62-42)63-41-37(55)35(53)32(50)28(16-47)61-41/h19-42,46-57H,5-18H2,1-4H3/t19-,20-,21+,22-,23+,24-,25-,26-,27+,28+,29+,30-,31+,32+,33+,34-,35-,36+,37+,38+,39-,40+,41-,42+,43-,44-,45+/m0/s1. The normalized spacial score (nSPS) is 55.6. The second kappa shape index (κ2) is 19.2. The van der Waals surface area contributed by atoms with Gasteiger partial charge in [0.25, 0.3) is 0 Å². The second-order valence-electron chi connectivity index (χ2n) is 21.5. The molecule has 4 aliphatic heterocycles. The molecule has 4 aliphatic carbocycles. The van der Waals surface area contributed by atoms with Gasteiger partial charge in [0.2, 0.25) is 0 Å². The third-order valence-corrected chi connectivity index (χ3v) is 18.0. The average Bonchev–Trinajstić information content (AvgIpc) is 3.71. The molecule has 0 aromatic rings. The fourth-order valence-corrected chi connectivity index (χ4v) is 14.2. The molecule has 4 heterocycles. The summed E-state index contributed by atoms with van der Waals surface area (Å²) in [6, 6.07) is 0. The lowest BCUT2D eigenvalue weighted by molar-refractivity contribution is -0.365. The van der Waals surface area contributed by atoms with E-state index in [2.05, 4.69) is 20.8 Å². The van der Waals surface area contributed by atoms with Crippen molar-refractivity contribution in [3.05, 3.63) is 0 Å². The van der Waals surface area contributed by atoms with E-state index in [1.54, 1.807) is 0 Å². The topological polar surface area (TPSA) is 307 Å². The molecule has 4 saturated carbocycles. The van der Waals surface area contributed by atoms with Gasteiger partial charge in [-0.2, -0.15) is 0 Å². The van der Waals surface area contributed by atoms with Gasteiger partial charge in [-0.05, 0) is 104 Å². The molecule has 19 nitrogen and oxygen atoms in total. The Morgan fingerprint density at radius 1 is 0.625 bits per heavy atom. The Balaban J connectivity index is 0.853. The minimum Gasteiger partial charge on any atom is -0.394 e. The van der Waals surface area contributed by atoms with Crippen LogP contribution in [0.2, 0.25) is 0 Å². The Bertz CT molecular complexity index is 1560. The van der Waals surface area contributed by atoms with Gasteiger partial charge >= 0.3 is 0 Å². The van der Waals surface area contributed by atoms with E-state index in [-0.39, 0.29) is 47.4 Å². The highest BCUT2D eigenvalue weighted by atomic mass is 16.7. The van der Waals surface area contributed by atoms with Crippen LogP contribution in [0.15, 0.2) is 0 Å². The lowest BCUT2D eigenvalue weighted by Gasteiger charge is -2.61. The highest BCUT2D eigenvalue weighted by Gasteiger charge is 2.68. The molecular weight excluding hydrogens is 844 g/mol. The van der Waals surface area contributed by atoms with Crippen molar-refractivity contribution in [3.8, 4) is 0 Å². The van der Waals surface area contributed by atoms with E-state index in [9.17, 15) is 61.3 Å². The maximum Gasteiger partial charge on any atom is 0.187 e. The van der Waals surface area contributed by atoms with Gasteiger partial charge in [-0.3, -0.25) is 0 Å². The molecule has 8 aliphatic rings. The molecule has 27 atom stereocenters. The molecule has 0 aromatic carbocycles. The van der Waals surface area contributed by atoms with Crippen molar-refractivity contribution in [1.29, 1.82) is 0 Å². The van der Waals surface area contributed by atoms with E-state index in [0.29, 0.717) is 42.9 Å². The van der Waals surface area contributed by atoms with Crippen LogP contribution >= 0.6 is 0 Å². The van der Waals surface area contributed by atoms with Crippen LogP contribution in [0.5, 0.6) is 0 Å². The Kier molecular flexibility index (Phi) is 14.9. The van der Waals surface area contributed by atoms with Gasteiger partial charge in [0.1, 0.15) is 73.2 Å². The molecule has 8 rings (SSSR count). The lowest BCUT2D eigenvalue weighted by atomic mass is 9.44. The summed E-state index contributed by atoms with van der Waals surface area (Å²) in [4.78, 5) is 0. The summed E-state index contributed by atoms with van der Waals surface area (Å²) in [7, 11) is 0. The number of aliphatic hydroxyl groups excluding tert-OH is 11. The van der Waals surface area contributed by atoms with Gasteiger partial charge in [0.05, 0.1) is 38.6 Å². The van der Waals surface area contributed by atoms with Crippen LogP contribution in [0, 0.1) is 52.3 Å². The summed E-state index contributed by atoms with van der Waals surface area (Å²) in [5, 5.41) is 125. The summed E-state index contributed by atoms with van der Waals surface area (Å²) in [6.07, 6.45) is -13.7. The minimum atomic E-state index is -1.76. The van der Waals surface area contributed by atoms with Crippen molar-refractivity contribution < 1.29 is 94.4 Å². The zero-order valence-corrected chi connectivity index (χ0v) is 37.5. The van der Waals surface area contributed by atoms with Crippen LogP contribution in [0.25, 0.3) is 0 Å². The highest BCUT2D eigenvalue weighted by molar-refractivity contribution is 5.15.